The monoisotopic (exact) mass is 295 g/mol. The van der Waals surface area contributed by atoms with E-state index in [-0.39, 0.29) is 6.04 Å². The summed E-state index contributed by atoms with van der Waals surface area (Å²) < 4.78 is 0. The van der Waals surface area contributed by atoms with Crippen LogP contribution in [0.2, 0.25) is 0 Å². The van der Waals surface area contributed by atoms with Gasteiger partial charge >= 0.3 is 5.97 Å². The maximum absolute atomic E-state index is 11.9. The largest absolute Gasteiger partial charge is 0.478 e. The summed E-state index contributed by atoms with van der Waals surface area (Å²) in [6, 6.07) is 19.2. The number of aliphatic carboxylic acids is 1. The Morgan fingerprint density at radius 1 is 0.955 bits per heavy atom. The molecule has 4 nitrogen and oxygen atoms in total. The van der Waals surface area contributed by atoms with Gasteiger partial charge in [-0.15, -0.1) is 0 Å². The molecule has 0 spiro atoms. The second-order valence-corrected chi connectivity index (χ2v) is 4.83. The molecule has 2 aromatic carbocycles. The average Bonchev–Trinajstić information content (AvgIpc) is 2.54. The van der Waals surface area contributed by atoms with Gasteiger partial charge in [0.15, 0.2) is 0 Å². The number of hydrogen-bond acceptors (Lipinski definition) is 2. The van der Waals surface area contributed by atoms with Crippen LogP contribution < -0.4 is 5.32 Å². The van der Waals surface area contributed by atoms with E-state index < -0.39 is 11.9 Å². The fourth-order valence-corrected chi connectivity index (χ4v) is 2.15. The molecule has 1 unspecified atom stereocenters. The number of amides is 1. The number of rotatable bonds is 6. The number of carbonyl (C=O) groups excluding carboxylic acids is 1. The van der Waals surface area contributed by atoms with Crippen molar-refractivity contribution >= 4 is 11.9 Å². The van der Waals surface area contributed by atoms with E-state index in [1.165, 1.54) is 0 Å². The molecule has 0 fully saturated rings. The van der Waals surface area contributed by atoms with E-state index >= 15 is 0 Å². The van der Waals surface area contributed by atoms with Crippen LogP contribution in [-0.2, 0) is 16.0 Å². The van der Waals surface area contributed by atoms with Crippen molar-refractivity contribution in [3.05, 3.63) is 83.9 Å². The fourth-order valence-electron chi connectivity index (χ4n) is 2.15. The molecule has 0 heterocycles. The smallest absolute Gasteiger partial charge is 0.328 e. The minimum Gasteiger partial charge on any atom is -0.478 e. The number of carboxylic acids is 1. The van der Waals surface area contributed by atoms with Gasteiger partial charge in [0.05, 0.1) is 6.04 Å². The van der Waals surface area contributed by atoms with E-state index in [0.29, 0.717) is 6.42 Å². The molecule has 2 aromatic rings. The van der Waals surface area contributed by atoms with Crippen molar-refractivity contribution in [3.8, 4) is 0 Å². The molecule has 0 aliphatic carbocycles. The summed E-state index contributed by atoms with van der Waals surface area (Å²) in [5.74, 6) is -1.57. The molecule has 0 aliphatic rings. The summed E-state index contributed by atoms with van der Waals surface area (Å²) >= 11 is 0. The first-order chi connectivity index (χ1) is 10.6. The third-order valence-corrected chi connectivity index (χ3v) is 3.18. The molecule has 1 amide bonds. The molecule has 0 saturated carbocycles. The average molecular weight is 295 g/mol. The first-order valence-electron chi connectivity index (χ1n) is 6.95. The highest BCUT2D eigenvalue weighted by molar-refractivity contribution is 5.94. The minimum absolute atomic E-state index is 0.213. The van der Waals surface area contributed by atoms with Crippen LogP contribution in [0.15, 0.2) is 72.8 Å². The number of hydrogen-bond donors (Lipinski definition) is 2. The second-order valence-electron chi connectivity index (χ2n) is 4.83. The van der Waals surface area contributed by atoms with E-state index in [1.807, 2.05) is 60.7 Å². The molecule has 0 aromatic heterocycles. The lowest BCUT2D eigenvalue weighted by Gasteiger charge is -2.18. The summed E-state index contributed by atoms with van der Waals surface area (Å²) in [4.78, 5) is 22.3. The van der Waals surface area contributed by atoms with E-state index in [1.54, 1.807) is 0 Å². The zero-order valence-corrected chi connectivity index (χ0v) is 12.0. The van der Waals surface area contributed by atoms with Crippen molar-refractivity contribution in [2.45, 2.75) is 12.5 Å². The Labute approximate surface area is 129 Å². The van der Waals surface area contributed by atoms with Gasteiger partial charge in [0.1, 0.15) is 0 Å². The van der Waals surface area contributed by atoms with Crippen LogP contribution in [0.5, 0.6) is 0 Å². The van der Waals surface area contributed by atoms with Crippen LogP contribution in [0.1, 0.15) is 17.2 Å². The molecular formula is C18H17NO3. The summed E-state index contributed by atoms with van der Waals surface area (Å²) in [6.07, 6.45) is 2.50. The Bertz CT molecular complexity index is 651. The summed E-state index contributed by atoms with van der Waals surface area (Å²) in [7, 11) is 0. The van der Waals surface area contributed by atoms with Gasteiger partial charge in [0, 0.05) is 12.2 Å². The zero-order chi connectivity index (χ0) is 15.8. The van der Waals surface area contributed by atoms with Crippen molar-refractivity contribution in [2.75, 3.05) is 0 Å². The van der Waals surface area contributed by atoms with Gasteiger partial charge in [-0.05, 0) is 17.5 Å². The Hall–Kier alpha value is -2.88. The van der Waals surface area contributed by atoms with Crippen molar-refractivity contribution in [1.82, 2.24) is 5.32 Å². The lowest BCUT2D eigenvalue weighted by molar-refractivity contribution is -0.131. The van der Waals surface area contributed by atoms with Crippen molar-refractivity contribution in [2.24, 2.45) is 0 Å². The first kappa shape index (κ1) is 15.5. The summed E-state index contributed by atoms with van der Waals surface area (Å²) in [6.45, 7) is 0. The molecule has 1 atom stereocenters. The lowest BCUT2D eigenvalue weighted by Crippen LogP contribution is -2.28. The Morgan fingerprint density at radius 3 is 2.14 bits per heavy atom. The molecule has 2 rings (SSSR count). The lowest BCUT2D eigenvalue weighted by atomic mass is 9.99. The van der Waals surface area contributed by atoms with Gasteiger partial charge < -0.3 is 10.4 Å². The third-order valence-electron chi connectivity index (χ3n) is 3.18. The Balaban J connectivity index is 2.15. The van der Waals surface area contributed by atoms with Gasteiger partial charge in [0.25, 0.3) is 0 Å². The molecule has 0 saturated heterocycles. The molecule has 0 radical (unpaired) electrons. The molecule has 0 bridgehead atoms. The van der Waals surface area contributed by atoms with E-state index in [9.17, 15) is 9.59 Å². The quantitative estimate of drug-likeness (QED) is 0.805. The van der Waals surface area contributed by atoms with Gasteiger partial charge in [-0.25, -0.2) is 4.79 Å². The predicted octanol–water partition coefficient (Wildman–Crippen LogP) is 2.73. The number of benzene rings is 2. The SMILES string of the molecule is O=C(O)/C=C/C(=O)NC(Cc1ccccc1)c1ccccc1. The molecule has 112 valence electrons. The van der Waals surface area contributed by atoms with Crippen LogP contribution in [0.4, 0.5) is 0 Å². The zero-order valence-electron chi connectivity index (χ0n) is 12.0. The van der Waals surface area contributed by atoms with Gasteiger partial charge in [-0.3, -0.25) is 4.79 Å². The second kappa shape index (κ2) is 7.78. The molecule has 2 N–H and O–H groups in total. The van der Waals surface area contributed by atoms with Crippen molar-refractivity contribution in [3.63, 3.8) is 0 Å². The van der Waals surface area contributed by atoms with Crippen LogP contribution in [0.25, 0.3) is 0 Å². The van der Waals surface area contributed by atoms with Gasteiger partial charge in [0.2, 0.25) is 5.91 Å². The highest BCUT2D eigenvalue weighted by Crippen LogP contribution is 2.18. The van der Waals surface area contributed by atoms with Gasteiger partial charge in [-0.2, -0.15) is 0 Å². The standard InChI is InChI=1S/C18H17NO3/c20-17(11-12-18(21)22)19-16(15-9-5-2-6-10-15)13-14-7-3-1-4-8-14/h1-12,16H,13H2,(H,19,20)(H,21,22)/b12-11+. The number of nitrogens with one attached hydrogen (secondary N) is 1. The maximum Gasteiger partial charge on any atom is 0.328 e. The minimum atomic E-state index is -1.14. The van der Waals surface area contributed by atoms with E-state index in [0.717, 1.165) is 23.3 Å². The number of carboxylic acid groups (broad SMARTS) is 1. The van der Waals surface area contributed by atoms with Crippen molar-refractivity contribution in [1.29, 1.82) is 0 Å². The number of carbonyl (C=O) groups is 2. The fraction of sp³-hybridized carbons (Fsp3) is 0.111. The van der Waals surface area contributed by atoms with Crippen LogP contribution >= 0.6 is 0 Å². The predicted molar refractivity (Wildman–Crippen MR) is 84.2 cm³/mol. The van der Waals surface area contributed by atoms with Crippen LogP contribution in [-0.4, -0.2) is 17.0 Å². The Morgan fingerprint density at radius 2 is 1.55 bits per heavy atom. The molecule has 22 heavy (non-hydrogen) atoms. The van der Waals surface area contributed by atoms with Crippen LogP contribution in [0.3, 0.4) is 0 Å². The maximum atomic E-state index is 11.9. The van der Waals surface area contributed by atoms with Crippen molar-refractivity contribution < 1.29 is 14.7 Å². The third kappa shape index (κ3) is 4.90. The normalized spacial score (nSPS) is 12.0. The highest BCUT2D eigenvalue weighted by atomic mass is 16.4. The first-order valence-corrected chi connectivity index (χ1v) is 6.95. The topological polar surface area (TPSA) is 66.4 Å². The molecule has 0 aliphatic heterocycles. The summed E-state index contributed by atoms with van der Waals surface area (Å²) in [5, 5.41) is 11.4. The van der Waals surface area contributed by atoms with E-state index in [2.05, 4.69) is 5.32 Å². The van der Waals surface area contributed by atoms with E-state index in [4.69, 9.17) is 5.11 Å². The highest BCUT2D eigenvalue weighted by Gasteiger charge is 2.14. The molecular weight excluding hydrogens is 278 g/mol. The van der Waals surface area contributed by atoms with Gasteiger partial charge in [-0.1, -0.05) is 60.7 Å². The Kier molecular flexibility index (Phi) is 5.49. The molecule has 4 heteroatoms. The van der Waals surface area contributed by atoms with Crippen LogP contribution in [0, 0.1) is 0 Å². The summed E-state index contributed by atoms with van der Waals surface area (Å²) in [5.41, 5.74) is 2.07.